The molecule has 1 fully saturated rings. The van der Waals surface area contributed by atoms with Crippen LogP contribution in [0.4, 0.5) is 14.5 Å². The predicted molar refractivity (Wildman–Crippen MR) is 125 cm³/mol. The molecule has 1 aliphatic heterocycles. The highest BCUT2D eigenvalue weighted by atomic mass is 19.1. The van der Waals surface area contributed by atoms with Crippen LogP contribution >= 0.6 is 0 Å². The number of nitrogens with zero attached hydrogens (tertiary/aromatic N) is 1. The second-order valence-electron chi connectivity index (χ2n) is 8.40. The van der Waals surface area contributed by atoms with Gasteiger partial charge in [-0.2, -0.15) is 0 Å². The molecule has 3 nitrogen and oxygen atoms in total. The van der Waals surface area contributed by atoms with Gasteiger partial charge in [-0.25, -0.2) is 8.78 Å². The van der Waals surface area contributed by atoms with E-state index in [1.807, 2.05) is 42.5 Å². The minimum Gasteiger partial charge on any atom is -0.494 e. The molecule has 32 heavy (non-hydrogen) atoms. The normalized spacial score (nSPS) is 17.6. The Kier molecular flexibility index (Phi) is 7.73. The van der Waals surface area contributed by atoms with E-state index >= 15 is 0 Å². The van der Waals surface area contributed by atoms with Gasteiger partial charge >= 0.3 is 0 Å². The summed E-state index contributed by atoms with van der Waals surface area (Å²) in [5, 5.41) is 3.58. The Labute approximate surface area is 189 Å². The van der Waals surface area contributed by atoms with Gasteiger partial charge in [0.1, 0.15) is 17.4 Å². The molecule has 0 amide bonds. The van der Waals surface area contributed by atoms with E-state index in [0.29, 0.717) is 12.5 Å². The van der Waals surface area contributed by atoms with Crippen LogP contribution in [0.2, 0.25) is 0 Å². The monoisotopic (exact) mass is 436 g/mol. The van der Waals surface area contributed by atoms with Gasteiger partial charge in [-0.15, -0.1) is 0 Å². The van der Waals surface area contributed by atoms with Gasteiger partial charge in [-0.1, -0.05) is 30.3 Å². The fourth-order valence-corrected chi connectivity index (χ4v) is 4.43. The Bertz CT molecular complexity index is 948. The molecular weight excluding hydrogens is 406 g/mol. The van der Waals surface area contributed by atoms with Crippen LogP contribution in [0.25, 0.3) is 0 Å². The summed E-state index contributed by atoms with van der Waals surface area (Å²) in [6, 6.07) is 23.1. The molecule has 4 rings (SSSR count). The van der Waals surface area contributed by atoms with Crippen molar-refractivity contribution in [1.82, 2.24) is 4.90 Å². The number of hydrogen-bond donors (Lipinski definition) is 1. The number of likely N-dealkylation sites (tertiary alicyclic amines) is 1. The highest BCUT2D eigenvalue weighted by Gasteiger charge is 2.28. The van der Waals surface area contributed by atoms with E-state index in [4.69, 9.17) is 4.74 Å². The maximum Gasteiger partial charge on any atom is 0.123 e. The topological polar surface area (TPSA) is 24.5 Å². The Balaban J connectivity index is 1.38. The minimum absolute atomic E-state index is 0.0319. The summed E-state index contributed by atoms with van der Waals surface area (Å²) in [7, 11) is 0. The third-order valence-corrected chi connectivity index (χ3v) is 6.04. The molecule has 0 aliphatic carbocycles. The first-order valence-corrected chi connectivity index (χ1v) is 11.4. The molecule has 1 saturated heterocycles. The fourth-order valence-electron chi connectivity index (χ4n) is 4.43. The number of para-hydroxylation sites is 1. The number of anilines is 1. The summed E-state index contributed by atoms with van der Waals surface area (Å²) < 4.78 is 32.7. The average molecular weight is 437 g/mol. The molecule has 3 aromatic rings. The lowest BCUT2D eigenvalue weighted by Crippen LogP contribution is -2.40. The minimum atomic E-state index is -0.254. The van der Waals surface area contributed by atoms with E-state index in [2.05, 4.69) is 10.2 Å². The summed E-state index contributed by atoms with van der Waals surface area (Å²) in [4.78, 5) is 2.49. The highest BCUT2D eigenvalue weighted by Crippen LogP contribution is 2.33. The second-order valence-corrected chi connectivity index (χ2v) is 8.40. The van der Waals surface area contributed by atoms with E-state index in [9.17, 15) is 8.78 Å². The van der Waals surface area contributed by atoms with E-state index in [0.717, 1.165) is 55.9 Å². The summed E-state index contributed by atoms with van der Waals surface area (Å²) in [5.74, 6) is 0.784. The number of ether oxygens (including phenoxy) is 1. The van der Waals surface area contributed by atoms with E-state index in [1.165, 1.54) is 24.3 Å². The van der Waals surface area contributed by atoms with Crippen LogP contribution < -0.4 is 10.1 Å². The SMILES string of the molecule is Fc1ccc(NC(c2ccc(F)cc2)C2CCCN(CCCOc3ccccc3)C2)cc1. The van der Waals surface area contributed by atoms with E-state index in [-0.39, 0.29) is 17.7 Å². The smallest absolute Gasteiger partial charge is 0.123 e. The van der Waals surface area contributed by atoms with Crippen LogP contribution in [0.1, 0.15) is 30.9 Å². The summed E-state index contributed by atoms with van der Waals surface area (Å²) in [5.41, 5.74) is 1.92. The van der Waals surface area contributed by atoms with E-state index < -0.39 is 0 Å². The molecule has 0 saturated carbocycles. The second kappa shape index (κ2) is 11.1. The van der Waals surface area contributed by atoms with Crippen molar-refractivity contribution in [2.75, 3.05) is 31.6 Å². The van der Waals surface area contributed by atoms with Crippen LogP contribution in [-0.4, -0.2) is 31.1 Å². The van der Waals surface area contributed by atoms with Crippen molar-refractivity contribution in [2.45, 2.75) is 25.3 Å². The molecule has 1 aliphatic rings. The lowest BCUT2D eigenvalue weighted by molar-refractivity contribution is 0.151. The summed E-state index contributed by atoms with van der Waals surface area (Å²) in [6.07, 6.45) is 3.18. The molecule has 2 unspecified atom stereocenters. The van der Waals surface area contributed by atoms with Crippen molar-refractivity contribution in [1.29, 1.82) is 0 Å². The van der Waals surface area contributed by atoms with E-state index in [1.54, 1.807) is 12.1 Å². The van der Waals surface area contributed by atoms with Crippen molar-refractivity contribution in [3.63, 3.8) is 0 Å². The quantitative estimate of drug-likeness (QED) is 0.399. The van der Waals surface area contributed by atoms with Gasteiger partial charge in [-0.3, -0.25) is 0 Å². The summed E-state index contributed by atoms with van der Waals surface area (Å²) >= 11 is 0. The zero-order valence-electron chi connectivity index (χ0n) is 18.2. The number of halogens is 2. The van der Waals surface area contributed by atoms with Crippen LogP contribution in [0, 0.1) is 17.6 Å². The molecular formula is C27H30F2N2O. The number of hydrogen-bond acceptors (Lipinski definition) is 3. The molecule has 0 aromatic heterocycles. The van der Waals surface area contributed by atoms with Crippen molar-refractivity contribution in [3.8, 4) is 5.75 Å². The van der Waals surface area contributed by atoms with Gasteiger partial charge in [0.25, 0.3) is 0 Å². The van der Waals surface area contributed by atoms with Gasteiger partial charge in [0.2, 0.25) is 0 Å². The number of nitrogens with one attached hydrogen (secondary N) is 1. The molecule has 1 N–H and O–H groups in total. The van der Waals surface area contributed by atoms with Crippen molar-refractivity contribution < 1.29 is 13.5 Å². The molecule has 0 bridgehead atoms. The van der Waals surface area contributed by atoms with Gasteiger partial charge in [0, 0.05) is 18.8 Å². The first-order valence-electron chi connectivity index (χ1n) is 11.4. The molecule has 0 radical (unpaired) electrons. The van der Waals surface area contributed by atoms with Gasteiger partial charge in [0.05, 0.1) is 12.6 Å². The van der Waals surface area contributed by atoms with Crippen LogP contribution in [-0.2, 0) is 0 Å². The lowest BCUT2D eigenvalue weighted by Gasteiger charge is -2.38. The van der Waals surface area contributed by atoms with Gasteiger partial charge < -0.3 is 15.0 Å². The first kappa shape index (κ1) is 22.3. The fraction of sp³-hybridized carbons (Fsp3) is 0.333. The van der Waals surface area contributed by atoms with Crippen molar-refractivity contribution in [2.24, 2.45) is 5.92 Å². The maximum absolute atomic E-state index is 13.5. The zero-order valence-corrected chi connectivity index (χ0v) is 18.2. The van der Waals surface area contributed by atoms with Crippen molar-refractivity contribution >= 4 is 5.69 Å². The average Bonchev–Trinajstić information content (AvgIpc) is 2.83. The predicted octanol–water partition coefficient (Wildman–Crippen LogP) is 6.30. The Morgan fingerprint density at radius 1 is 0.906 bits per heavy atom. The van der Waals surface area contributed by atoms with Crippen LogP contribution in [0.15, 0.2) is 78.9 Å². The number of rotatable bonds is 9. The Morgan fingerprint density at radius 2 is 1.59 bits per heavy atom. The summed E-state index contributed by atoms with van der Waals surface area (Å²) in [6.45, 7) is 3.71. The Hall–Kier alpha value is -2.92. The van der Waals surface area contributed by atoms with Crippen molar-refractivity contribution in [3.05, 3.63) is 96.1 Å². The standard InChI is InChI=1S/C27H30F2N2O/c28-23-11-9-21(10-12-23)27(30-25-15-13-24(29)14-16-25)22-6-4-17-31(20-22)18-5-19-32-26-7-2-1-3-8-26/h1-3,7-16,22,27,30H,4-6,17-20H2. The first-order chi connectivity index (χ1) is 15.7. The number of benzene rings is 3. The highest BCUT2D eigenvalue weighted by molar-refractivity contribution is 5.46. The molecule has 2 atom stereocenters. The van der Waals surface area contributed by atoms with Crippen LogP contribution in [0.3, 0.4) is 0 Å². The zero-order chi connectivity index (χ0) is 22.2. The molecule has 168 valence electrons. The third-order valence-electron chi connectivity index (χ3n) is 6.04. The molecule has 0 spiro atoms. The molecule has 1 heterocycles. The number of piperidine rings is 1. The third kappa shape index (κ3) is 6.30. The maximum atomic E-state index is 13.5. The molecule has 5 heteroatoms. The molecule has 3 aromatic carbocycles. The largest absolute Gasteiger partial charge is 0.494 e. The van der Waals surface area contributed by atoms with Crippen LogP contribution in [0.5, 0.6) is 5.75 Å². The lowest BCUT2D eigenvalue weighted by atomic mass is 9.86. The van der Waals surface area contributed by atoms with Gasteiger partial charge in [-0.05, 0) is 85.8 Å². The van der Waals surface area contributed by atoms with Gasteiger partial charge in [0.15, 0.2) is 0 Å². The Morgan fingerprint density at radius 3 is 2.31 bits per heavy atom.